The van der Waals surface area contributed by atoms with Gasteiger partial charge in [0.05, 0.1) is 5.75 Å². The highest BCUT2D eigenvalue weighted by atomic mass is 79.9. The molecule has 2 aromatic heterocycles. The number of carbonyl (C=O) groups excluding carboxylic acids is 2. The molecule has 2 rings (SSSR count). The molecule has 9 nitrogen and oxygen atoms in total. The van der Waals surface area contributed by atoms with Gasteiger partial charge >= 0.3 is 0 Å². The van der Waals surface area contributed by atoms with E-state index in [1.54, 1.807) is 11.0 Å². The fourth-order valence-corrected chi connectivity index (χ4v) is 3.14. The van der Waals surface area contributed by atoms with Gasteiger partial charge in [-0.3, -0.25) is 19.4 Å². The van der Waals surface area contributed by atoms with Crippen LogP contribution < -0.4 is 16.6 Å². The van der Waals surface area contributed by atoms with Gasteiger partial charge in [0.25, 0.3) is 11.5 Å². The lowest BCUT2D eigenvalue weighted by atomic mass is 10.4. The van der Waals surface area contributed by atoms with Crippen LogP contribution in [0.3, 0.4) is 0 Å². The summed E-state index contributed by atoms with van der Waals surface area (Å²) in [5.74, 6) is -0.714. The second kappa shape index (κ2) is 8.90. The molecule has 11 heteroatoms. The molecular weight excluding hydrogens is 426 g/mol. The number of halogens is 1. The van der Waals surface area contributed by atoms with E-state index >= 15 is 0 Å². The maximum absolute atomic E-state index is 12.2. The number of carbonyl (C=O) groups is 2. The quantitative estimate of drug-likeness (QED) is 0.439. The Kier molecular flexibility index (Phi) is 6.86. The van der Waals surface area contributed by atoms with Gasteiger partial charge in [-0.05, 0) is 41.9 Å². The summed E-state index contributed by atoms with van der Waals surface area (Å²) in [6.45, 7) is 4.99. The zero-order valence-electron chi connectivity index (χ0n) is 14.2. The van der Waals surface area contributed by atoms with E-state index in [4.69, 9.17) is 10.2 Å². The highest BCUT2D eigenvalue weighted by molar-refractivity contribution is 9.10. The zero-order valence-corrected chi connectivity index (χ0v) is 16.6. The first-order chi connectivity index (χ1) is 12.3. The van der Waals surface area contributed by atoms with E-state index in [1.165, 1.54) is 6.07 Å². The molecule has 0 aromatic carbocycles. The van der Waals surface area contributed by atoms with Crippen molar-refractivity contribution in [2.45, 2.75) is 19.0 Å². The Hall–Kier alpha value is -2.27. The summed E-state index contributed by atoms with van der Waals surface area (Å²) in [5, 5.41) is 2.57. The van der Waals surface area contributed by atoms with E-state index in [2.05, 4.69) is 31.2 Å². The van der Waals surface area contributed by atoms with Gasteiger partial charge in [0, 0.05) is 13.1 Å². The third-order valence-electron chi connectivity index (χ3n) is 3.41. The van der Waals surface area contributed by atoms with E-state index in [0.717, 1.165) is 11.8 Å². The van der Waals surface area contributed by atoms with Crippen LogP contribution in [-0.2, 0) is 4.79 Å². The molecule has 140 valence electrons. The van der Waals surface area contributed by atoms with Crippen LogP contribution in [0.15, 0.2) is 31.2 Å². The van der Waals surface area contributed by atoms with Gasteiger partial charge in [0.15, 0.2) is 27.1 Å². The summed E-state index contributed by atoms with van der Waals surface area (Å²) >= 11 is 4.16. The van der Waals surface area contributed by atoms with Gasteiger partial charge in [0.1, 0.15) is 0 Å². The number of furan rings is 1. The molecule has 2 heterocycles. The Balaban J connectivity index is 2.09. The van der Waals surface area contributed by atoms with Gasteiger partial charge in [-0.1, -0.05) is 11.8 Å². The van der Waals surface area contributed by atoms with Crippen molar-refractivity contribution in [2.75, 3.05) is 29.9 Å². The van der Waals surface area contributed by atoms with Gasteiger partial charge in [-0.2, -0.15) is 0 Å². The molecule has 0 radical (unpaired) electrons. The van der Waals surface area contributed by atoms with E-state index in [1.807, 2.05) is 13.8 Å². The van der Waals surface area contributed by atoms with Gasteiger partial charge < -0.3 is 20.4 Å². The van der Waals surface area contributed by atoms with Crippen LogP contribution in [0.1, 0.15) is 24.4 Å². The van der Waals surface area contributed by atoms with Crippen molar-refractivity contribution < 1.29 is 14.0 Å². The molecule has 0 spiro atoms. The number of hydrogen-bond acceptors (Lipinski definition) is 7. The highest BCUT2D eigenvalue weighted by Crippen LogP contribution is 2.19. The van der Waals surface area contributed by atoms with Crippen LogP contribution in [0.25, 0.3) is 0 Å². The smallest absolute Gasteiger partial charge is 0.291 e. The fourth-order valence-electron chi connectivity index (χ4n) is 2.07. The second-order valence-corrected chi connectivity index (χ2v) is 6.79. The minimum atomic E-state index is -0.633. The standard InChI is InChI=1S/C15H18BrN5O4S/c1-3-21(4-2)10(22)7-26-15-19-12(17)11(14(24)20-15)18-13(23)8-5-6-9(16)25-8/h5-6H,3-4,7H2,1-2H3,(H,18,23)(H3,17,19,20,24). The number of hydrogen-bond donors (Lipinski definition) is 3. The van der Waals surface area contributed by atoms with Crippen molar-refractivity contribution in [1.29, 1.82) is 0 Å². The maximum atomic E-state index is 12.2. The fraction of sp³-hybridized carbons (Fsp3) is 0.333. The minimum absolute atomic E-state index is 0.0129. The Labute approximate surface area is 161 Å². The van der Waals surface area contributed by atoms with E-state index < -0.39 is 11.5 Å². The Morgan fingerprint density at radius 1 is 1.38 bits per heavy atom. The zero-order chi connectivity index (χ0) is 19.3. The van der Waals surface area contributed by atoms with Crippen molar-refractivity contribution in [1.82, 2.24) is 14.9 Å². The first kappa shape index (κ1) is 20.0. The first-order valence-electron chi connectivity index (χ1n) is 7.72. The lowest BCUT2D eigenvalue weighted by molar-refractivity contribution is -0.127. The van der Waals surface area contributed by atoms with Gasteiger partial charge in [0.2, 0.25) is 5.91 Å². The number of nitrogens with zero attached hydrogens (tertiary/aromatic N) is 2. The van der Waals surface area contributed by atoms with E-state index in [-0.39, 0.29) is 34.1 Å². The number of H-pyrrole nitrogens is 1. The van der Waals surface area contributed by atoms with Crippen LogP contribution in [0.2, 0.25) is 0 Å². The topological polar surface area (TPSA) is 134 Å². The van der Waals surface area contributed by atoms with Crippen LogP contribution in [0.5, 0.6) is 0 Å². The number of nitrogen functional groups attached to an aromatic ring is 1. The summed E-state index contributed by atoms with van der Waals surface area (Å²) in [7, 11) is 0. The van der Waals surface area contributed by atoms with Crippen molar-refractivity contribution >= 4 is 51.0 Å². The number of anilines is 2. The van der Waals surface area contributed by atoms with Crippen molar-refractivity contribution in [2.24, 2.45) is 0 Å². The second-order valence-electron chi connectivity index (χ2n) is 5.04. The number of aromatic amines is 1. The van der Waals surface area contributed by atoms with Crippen molar-refractivity contribution in [3.8, 4) is 0 Å². The summed E-state index contributed by atoms with van der Waals surface area (Å²) < 4.78 is 5.50. The predicted octanol–water partition coefficient (Wildman–Crippen LogP) is 1.92. The molecule has 0 aliphatic carbocycles. The number of nitrogens with one attached hydrogen (secondary N) is 2. The molecular formula is C15H18BrN5O4S. The lowest BCUT2D eigenvalue weighted by Gasteiger charge is -2.18. The van der Waals surface area contributed by atoms with Crippen molar-refractivity contribution in [3.05, 3.63) is 32.9 Å². The van der Waals surface area contributed by atoms with E-state index in [0.29, 0.717) is 17.8 Å². The lowest BCUT2D eigenvalue weighted by Crippen LogP contribution is -2.32. The first-order valence-corrected chi connectivity index (χ1v) is 9.50. The van der Waals surface area contributed by atoms with Gasteiger partial charge in [-0.25, -0.2) is 4.98 Å². The van der Waals surface area contributed by atoms with E-state index in [9.17, 15) is 14.4 Å². The summed E-state index contributed by atoms with van der Waals surface area (Å²) in [6, 6.07) is 2.99. The molecule has 0 aliphatic rings. The molecule has 26 heavy (non-hydrogen) atoms. The third kappa shape index (κ3) is 4.88. The molecule has 2 amide bonds. The Bertz CT molecular complexity index is 862. The Morgan fingerprint density at radius 3 is 2.62 bits per heavy atom. The molecule has 0 bridgehead atoms. The number of nitrogens with two attached hydrogens (primary N) is 1. The SMILES string of the molecule is CCN(CC)C(=O)CSc1nc(N)c(NC(=O)c2ccc(Br)o2)c(=O)[nH]1. The normalized spacial score (nSPS) is 10.6. The molecule has 0 atom stereocenters. The molecule has 0 unspecified atom stereocenters. The number of thioether (sulfide) groups is 1. The average molecular weight is 444 g/mol. The molecule has 0 aliphatic heterocycles. The van der Waals surface area contributed by atoms with Crippen LogP contribution >= 0.6 is 27.7 Å². The minimum Gasteiger partial charge on any atom is -0.444 e. The largest absolute Gasteiger partial charge is 0.444 e. The summed E-state index contributed by atoms with van der Waals surface area (Å²) in [4.78, 5) is 44.4. The maximum Gasteiger partial charge on any atom is 0.291 e. The highest BCUT2D eigenvalue weighted by Gasteiger charge is 2.17. The average Bonchev–Trinajstić information content (AvgIpc) is 3.03. The summed E-state index contributed by atoms with van der Waals surface area (Å²) in [6.07, 6.45) is 0. The molecule has 2 aromatic rings. The third-order valence-corrected chi connectivity index (χ3v) is 4.69. The van der Waals surface area contributed by atoms with Crippen molar-refractivity contribution in [3.63, 3.8) is 0 Å². The van der Waals surface area contributed by atoms with Crippen LogP contribution in [0.4, 0.5) is 11.5 Å². The van der Waals surface area contributed by atoms with Gasteiger partial charge in [-0.15, -0.1) is 0 Å². The number of amides is 2. The molecule has 0 saturated heterocycles. The van der Waals surface area contributed by atoms with Crippen LogP contribution in [-0.4, -0.2) is 45.5 Å². The predicted molar refractivity (Wildman–Crippen MR) is 102 cm³/mol. The number of rotatable bonds is 7. The van der Waals surface area contributed by atoms with Crippen LogP contribution in [0, 0.1) is 0 Å². The monoisotopic (exact) mass is 443 g/mol. The Morgan fingerprint density at radius 2 is 2.08 bits per heavy atom. The molecule has 0 fully saturated rings. The molecule has 4 N–H and O–H groups in total. The number of aromatic nitrogens is 2. The molecule has 0 saturated carbocycles. The summed E-state index contributed by atoms with van der Waals surface area (Å²) in [5.41, 5.74) is 4.98.